The number of allylic oxidation sites excluding steroid dienone is 1. The zero-order valence-electron chi connectivity index (χ0n) is 21.2. The SMILES string of the molecule is C[NH2+]C(C(=O)OC(COC(C)=O)C(O)C(O)C(COC(C)=O)OC(=O)C([NH2+]C)C(C)C)=C(C)C. The van der Waals surface area contributed by atoms with Crippen molar-refractivity contribution in [2.45, 2.75) is 72.0 Å². The Morgan fingerprint density at radius 3 is 1.56 bits per heavy atom. The van der Waals surface area contributed by atoms with Crippen LogP contribution >= 0.6 is 0 Å². The van der Waals surface area contributed by atoms with E-state index >= 15 is 0 Å². The number of carbonyl (C=O) groups is 4. The van der Waals surface area contributed by atoms with Crippen LogP contribution in [0.4, 0.5) is 0 Å². The van der Waals surface area contributed by atoms with Gasteiger partial charge in [-0.3, -0.25) is 9.59 Å². The number of likely N-dealkylation sites (N-methyl/N-ethyl adjacent to an activating group) is 2. The van der Waals surface area contributed by atoms with Gasteiger partial charge in [-0.1, -0.05) is 13.8 Å². The summed E-state index contributed by atoms with van der Waals surface area (Å²) < 4.78 is 20.5. The van der Waals surface area contributed by atoms with Gasteiger partial charge in [0.15, 0.2) is 18.2 Å². The maximum atomic E-state index is 12.6. The molecule has 12 heteroatoms. The Bertz CT molecular complexity index is 733. The van der Waals surface area contributed by atoms with E-state index in [-0.39, 0.29) is 11.6 Å². The molecule has 0 heterocycles. The van der Waals surface area contributed by atoms with E-state index in [0.29, 0.717) is 5.57 Å². The number of carbonyl (C=O) groups excluding carboxylic acids is 4. The molecular weight excluding hydrogens is 452 g/mol. The maximum Gasteiger partial charge on any atom is 0.393 e. The van der Waals surface area contributed by atoms with Gasteiger partial charge in [-0.2, -0.15) is 0 Å². The van der Waals surface area contributed by atoms with E-state index in [1.165, 1.54) is 5.32 Å². The Labute approximate surface area is 200 Å². The fourth-order valence-corrected chi connectivity index (χ4v) is 3.08. The maximum absolute atomic E-state index is 12.6. The topological polar surface area (TPSA) is 179 Å². The summed E-state index contributed by atoms with van der Waals surface area (Å²) >= 11 is 0. The highest BCUT2D eigenvalue weighted by molar-refractivity contribution is 5.86. The van der Waals surface area contributed by atoms with Crippen molar-refractivity contribution in [2.75, 3.05) is 27.3 Å². The molecule has 5 atom stereocenters. The Morgan fingerprint density at radius 2 is 1.24 bits per heavy atom. The van der Waals surface area contributed by atoms with Crippen molar-refractivity contribution >= 4 is 23.9 Å². The number of hydrogen-bond donors (Lipinski definition) is 4. The average molecular weight is 493 g/mol. The molecule has 0 bridgehead atoms. The van der Waals surface area contributed by atoms with Crippen molar-refractivity contribution < 1.29 is 59.0 Å². The molecule has 0 saturated carbocycles. The number of nitrogens with two attached hydrogens (primary N) is 2. The molecule has 0 aliphatic carbocycles. The number of quaternary nitrogens is 2. The molecule has 12 nitrogen and oxygen atoms in total. The molecule has 0 fully saturated rings. The zero-order chi connectivity index (χ0) is 26.6. The minimum atomic E-state index is -1.85. The van der Waals surface area contributed by atoms with E-state index in [1.807, 2.05) is 0 Å². The second-order valence-corrected chi connectivity index (χ2v) is 8.31. The molecule has 0 aromatic rings. The van der Waals surface area contributed by atoms with Crippen LogP contribution in [0.2, 0.25) is 0 Å². The van der Waals surface area contributed by atoms with Crippen LogP contribution in [0.5, 0.6) is 0 Å². The van der Waals surface area contributed by atoms with E-state index in [9.17, 15) is 29.4 Å². The van der Waals surface area contributed by atoms with Gasteiger partial charge in [0.05, 0.1) is 14.1 Å². The number of esters is 4. The molecular formula is C22H40N2O10+2. The number of rotatable bonds is 14. The molecule has 0 aromatic carbocycles. The number of ether oxygens (including phenoxy) is 4. The van der Waals surface area contributed by atoms with Gasteiger partial charge in [0, 0.05) is 19.8 Å². The lowest BCUT2D eigenvalue weighted by Crippen LogP contribution is -2.90. The minimum Gasteiger partial charge on any atom is -0.462 e. The molecule has 0 aliphatic heterocycles. The Balaban J connectivity index is 5.86. The highest BCUT2D eigenvalue weighted by atomic mass is 16.6. The lowest BCUT2D eigenvalue weighted by Gasteiger charge is -2.31. The third-order valence-corrected chi connectivity index (χ3v) is 4.94. The summed E-state index contributed by atoms with van der Waals surface area (Å²) in [4.78, 5) is 47.8. The number of hydrogen-bond acceptors (Lipinski definition) is 10. The summed E-state index contributed by atoms with van der Waals surface area (Å²) in [5, 5.41) is 24.8. The molecule has 0 rings (SSSR count). The highest BCUT2D eigenvalue weighted by Gasteiger charge is 2.40. The van der Waals surface area contributed by atoms with Crippen molar-refractivity contribution in [2.24, 2.45) is 5.92 Å². The van der Waals surface area contributed by atoms with Crippen LogP contribution in [0, 0.1) is 5.92 Å². The highest BCUT2D eigenvalue weighted by Crippen LogP contribution is 2.15. The second-order valence-electron chi connectivity index (χ2n) is 8.31. The predicted molar refractivity (Wildman–Crippen MR) is 118 cm³/mol. The summed E-state index contributed by atoms with van der Waals surface area (Å²) in [6.07, 6.45) is -6.68. The van der Waals surface area contributed by atoms with Gasteiger partial charge >= 0.3 is 23.9 Å². The fourth-order valence-electron chi connectivity index (χ4n) is 3.08. The van der Waals surface area contributed by atoms with Gasteiger partial charge in [-0.05, 0) is 19.4 Å². The molecule has 0 amide bonds. The van der Waals surface area contributed by atoms with Crippen LogP contribution in [-0.4, -0.2) is 91.9 Å². The average Bonchev–Trinajstić information content (AvgIpc) is 2.73. The first-order chi connectivity index (χ1) is 15.8. The quantitative estimate of drug-likeness (QED) is 0.114. The van der Waals surface area contributed by atoms with Crippen molar-refractivity contribution in [3.63, 3.8) is 0 Å². The molecule has 5 unspecified atom stereocenters. The van der Waals surface area contributed by atoms with Crippen molar-refractivity contribution in [1.29, 1.82) is 0 Å². The van der Waals surface area contributed by atoms with Gasteiger partial charge < -0.3 is 39.8 Å². The number of aliphatic hydroxyl groups is 2. The van der Waals surface area contributed by atoms with Gasteiger partial charge in [0.2, 0.25) is 5.70 Å². The summed E-state index contributed by atoms with van der Waals surface area (Å²) in [5.74, 6) is -3.01. The zero-order valence-corrected chi connectivity index (χ0v) is 21.2. The van der Waals surface area contributed by atoms with E-state index < -0.39 is 67.5 Å². The fraction of sp³-hybridized carbons (Fsp3) is 0.727. The lowest BCUT2D eigenvalue weighted by atomic mass is 10.0. The van der Waals surface area contributed by atoms with E-state index in [4.69, 9.17) is 18.9 Å². The van der Waals surface area contributed by atoms with Crippen LogP contribution in [0.1, 0.15) is 41.5 Å². The van der Waals surface area contributed by atoms with Gasteiger partial charge in [-0.25, -0.2) is 9.59 Å². The molecule has 34 heavy (non-hydrogen) atoms. The van der Waals surface area contributed by atoms with Crippen molar-refractivity contribution in [1.82, 2.24) is 0 Å². The van der Waals surface area contributed by atoms with E-state index in [2.05, 4.69) is 0 Å². The molecule has 0 aliphatic rings. The molecule has 196 valence electrons. The second kappa shape index (κ2) is 15.4. The molecule has 0 radical (unpaired) electrons. The first-order valence-electron chi connectivity index (χ1n) is 11.1. The molecule has 6 N–H and O–H groups in total. The van der Waals surface area contributed by atoms with Gasteiger partial charge in [0.25, 0.3) is 0 Å². The predicted octanol–water partition coefficient (Wildman–Crippen LogP) is -2.64. The third kappa shape index (κ3) is 10.6. The van der Waals surface area contributed by atoms with Crippen LogP contribution in [0.15, 0.2) is 11.3 Å². The standard InChI is InChI=1S/C22H38N2O10/c1-11(2)17(23-7)21(29)33-15(9-31-13(5)25)19(27)20(28)16(10-32-14(6)26)34-22(30)18(24-8)12(3)4/h11,15-17,19-20,23-24,27-28H,9-10H2,1-8H3/p+2. The largest absolute Gasteiger partial charge is 0.462 e. The normalized spacial score (nSPS) is 15.4. The van der Waals surface area contributed by atoms with E-state index in [1.54, 1.807) is 47.1 Å². The van der Waals surface area contributed by atoms with Crippen LogP contribution in [-0.2, 0) is 38.1 Å². The summed E-state index contributed by atoms with van der Waals surface area (Å²) in [5.41, 5.74) is 0.877. The summed E-state index contributed by atoms with van der Waals surface area (Å²) in [6, 6.07) is -0.612. The molecule has 0 aromatic heterocycles. The molecule has 0 spiro atoms. The number of aliphatic hydroxyl groups excluding tert-OH is 2. The minimum absolute atomic E-state index is 0.112. The Kier molecular flexibility index (Phi) is 14.2. The van der Waals surface area contributed by atoms with E-state index in [0.717, 1.165) is 13.8 Å². The summed E-state index contributed by atoms with van der Waals surface area (Å²) in [6.45, 7) is 8.12. The monoisotopic (exact) mass is 492 g/mol. The Hall–Kier alpha value is -2.54. The Morgan fingerprint density at radius 1 is 0.794 bits per heavy atom. The van der Waals surface area contributed by atoms with Crippen molar-refractivity contribution in [3.05, 3.63) is 11.3 Å². The third-order valence-electron chi connectivity index (χ3n) is 4.94. The summed E-state index contributed by atoms with van der Waals surface area (Å²) in [7, 11) is 3.30. The van der Waals surface area contributed by atoms with Crippen LogP contribution in [0.3, 0.4) is 0 Å². The smallest absolute Gasteiger partial charge is 0.393 e. The first-order valence-corrected chi connectivity index (χ1v) is 11.1. The first kappa shape index (κ1) is 31.5. The van der Waals surface area contributed by atoms with Crippen molar-refractivity contribution in [3.8, 4) is 0 Å². The van der Waals surface area contributed by atoms with Gasteiger partial charge in [0.1, 0.15) is 25.4 Å². The van der Waals surface area contributed by atoms with Crippen LogP contribution < -0.4 is 10.6 Å². The van der Waals surface area contributed by atoms with Crippen LogP contribution in [0.25, 0.3) is 0 Å². The lowest BCUT2D eigenvalue weighted by molar-refractivity contribution is -0.658. The molecule has 0 saturated heterocycles. The van der Waals surface area contributed by atoms with Gasteiger partial charge in [-0.15, -0.1) is 0 Å².